The van der Waals surface area contributed by atoms with E-state index in [4.69, 9.17) is 11.5 Å². The fourth-order valence-electron chi connectivity index (χ4n) is 0.970. The van der Waals surface area contributed by atoms with Crippen molar-refractivity contribution in [1.82, 2.24) is 10.2 Å². The molecule has 0 atom stereocenters. The van der Waals surface area contributed by atoms with Crippen LogP contribution in [0.3, 0.4) is 0 Å². The molecule has 0 heterocycles. The molecule has 4 nitrogen and oxygen atoms in total. The Morgan fingerprint density at radius 2 is 1.83 bits per heavy atom. The normalized spacial score (nSPS) is 11.0. The molecule has 0 saturated carbocycles. The minimum atomic E-state index is 0.715. The minimum absolute atomic E-state index is 0.715. The third kappa shape index (κ3) is 7.94. The molecule has 0 aliphatic carbocycles. The number of hydrogen-bond acceptors (Lipinski definition) is 4. The van der Waals surface area contributed by atoms with Gasteiger partial charge in [-0.3, -0.25) is 0 Å². The third-order valence-corrected chi connectivity index (χ3v) is 1.74. The van der Waals surface area contributed by atoms with Gasteiger partial charge in [-0.1, -0.05) is 0 Å². The predicted molar refractivity (Wildman–Crippen MR) is 53.1 cm³/mol. The summed E-state index contributed by atoms with van der Waals surface area (Å²) in [7, 11) is 2.11. The number of rotatable bonds is 8. The first-order valence-electron chi connectivity index (χ1n) is 4.60. The van der Waals surface area contributed by atoms with Crippen LogP contribution in [0.1, 0.15) is 6.42 Å². The van der Waals surface area contributed by atoms with Gasteiger partial charge in [0.2, 0.25) is 0 Å². The second kappa shape index (κ2) is 8.93. The number of nitrogens with two attached hydrogens (primary N) is 2. The lowest BCUT2D eigenvalue weighted by Gasteiger charge is -2.15. The molecule has 0 aromatic heterocycles. The van der Waals surface area contributed by atoms with Crippen LogP contribution in [0.25, 0.3) is 0 Å². The van der Waals surface area contributed by atoms with Crippen LogP contribution in [0, 0.1) is 0 Å². The van der Waals surface area contributed by atoms with Crippen LogP contribution in [0.15, 0.2) is 0 Å². The molecule has 0 aromatic rings. The van der Waals surface area contributed by atoms with Crippen molar-refractivity contribution in [2.24, 2.45) is 11.5 Å². The van der Waals surface area contributed by atoms with Gasteiger partial charge >= 0.3 is 0 Å². The van der Waals surface area contributed by atoms with Crippen LogP contribution in [-0.4, -0.2) is 51.2 Å². The smallest absolute Gasteiger partial charge is 0.0104 e. The van der Waals surface area contributed by atoms with E-state index in [9.17, 15) is 0 Å². The Bertz CT molecular complexity index is 87.1. The minimum Gasteiger partial charge on any atom is -0.330 e. The Balaban J connectivity index is 3.02. The van der Waals surface area contributed by atoms with Crippen LogP contribution in [0.5, 0.6) is 0 Å². The van der Waals surface area contributed by atoms with Gasteiger partial charge in [0, 0.05) is 26.2 Å². The summed E-state index contributed by atoms with van der Waals surface area (Å²) in [6, 6.07) is 0. The highest BCUT2D eigenvalue weighted by molar-refractivity contribution is 4.55. The van der Waals surface area contributed by atoms with Gasteiger partial charge in [-0.2, -0.15) is 0 Å². The lowest BCUT2D eigenvalue weighted by Crippen LogP contribution is -2.32. The first kappa shape index (κ1) is 11.8. The molecular formula is C8H22N4. The van der Waals surface area contributed by atoms with Crippen LogP contribution < -0.4 is 16.8 Å². The summed E-state index contributed by atoms with van der Waals surface area (Å²) in [4.78, 5) is 2.27. The van der Waals surface area contributed by atoms with Crippen molar-refractivity contribution in [3.05, 3.63) is 0 Å². The fourth-order valence-corrected chi connectivity index (χ4v) is 0.970. The van der Waals surface area contributed by atoms with Crippen molar-refractivity contribution in [3.8, 4) is 0 Å². The van der Waals surface area contributed by atoms with Gasteiger partial charge in [-0.15, -0.1) is 0 Å². The van der Waals surface area contributed by atoms with E-state index in [0.29, 0.717) is 6.54 Å². The topological polar surface area (TPSA) is 67.3 Å². The maximum atomic E-state index is 5.39. The van der Waals surface area contributed by atoms with Crippen LogP contribution in [0.4, 0.5) is 0 Å². The lowest BCUT2D eigenvalue weighted by atomic mass is 10.4. The highest BCUT2D eigenvalue weighted by Crippen LogP contribution is 1.83. The SMILES string of the molecule is CN(CCCN)CCNCCN. The number of nitrogens with zero attached hydrogens (tertiary/aromatic N) is 1. The zero-order valence-corrected chi connectivity index (χ0v) is 8.05. The number of hydrogen-bond donors (Lipinski definition) is 3. The van der Waals surface area contributed by atoms with Gasteiger partial charge < -0.3 is 21.7 Å². The summed E-state index contributed by atoms with van der Waals surface area (Å²) in [5.74, 6) is 0. The van der Waals surface area contributed by atoms with Gasteiger partial charge in [0.15, 0.2) is 0 Å². The molecular weight excluding hydrogens is 152 g/mol. The molecule has 0 saturated heterocycles. The molecule has 0 rings (SSSR count). The number of likely N-dealkylation sites (N-methyl/N-ethyl adjacent to an activating group) is 1. The van der Waals surface area contributed by atoms with E-state index in [1.807, 2.05) is 0 Å². The average Bonchev–Trinajstić information content (AvgIpc) is 2.09. The molecule has 0 radical (unpaired) electrons. The molecule has 0 spiro atoms. The van der Waals surface area contributed by atoms with Crippen molar-refractivity contribution >= 4 is 0 Å². The van der Waals surface area contributed by atoms with Crippen molar-refractivity contribution in [3.63, 3.8) is 0 Å². The fraction of sp³-hybridized carbons (Fsp3) is 1.00. The Labute approximate surface area is 75.3 Å². The van der Waals surface area contributed by atoms with E-state index in [1.165, 1.54) is 0 Å². The highest BCUT2D eigenvalue weighted by atomic mass is 15.1. The molecule has 4 heteroatoms. The second-order valence-corrected chi connectivity index (χ2v) is 2.98. The molecule has 0 fully saturated rings. The molecule has 0 unspecified atom stereocenters. The van der Waals surface area contributed by atoms with E-state index in [-0.39, 0.29) is 0 Å². The summed E-state index contributed by atoms with van der Waals surface area (Å²) in [6.07, 6.45) is 1.08. The zero-order valence-electron chi connectivity index (χ0n) is 8.05. The Hall–Kier alpha value is -0.160. The zero-order chi connectivity index (χ0) is 9.23. The van der Waals surface area contributed by atoms with Crippen LogP contribution in [-0.2, 0) is 0 Å². The largest absolute Gasteiger partial charge is 0.330 e. The molecule has 0 aliphatic heterocycles. The standard InChI is InChI=1S/C8H22N4/c1-12(7-2-3-9)8-6-11-5-4-10/h11H,2-10H2,1H3. The van der Waals surface area contributed by atoms with E-state index in [1.54, 1.807) is 0 Å². The first-order chi connectivity index (χ1) is 5.81. The van der Waals surface area contributed by atoms with Gasteiger partial charge in [-0.25, -0.2) is 0 Å². The molecule has 0 amide bonds. The van der Waals surface area contributed by atoms with E-state index in [0.717, 1.165) is 39.1 Å². The monoisotopic (exact) mass is 174 g/mol. The second-order valence-electron chi connectivity index (χ2n) is 2.98. The maximum Gasteiger partial charge on any atom is 0.0104 e. The van der Waals surface area contributed by atoms with E-state index in [2.05, 4.69) is 17.3 Å². The van der Waals surface area contributed by atoms with E-state index < -0.39 is 0 Å². The predicted octanol–water partition coefficient (Wildman–Crippen LogP) is -1.18. The lowest BCUT2D eigenvalue weighted by molar-refractivity contribution is 0.329. The van der Waals surface area contributed by atoms with E-state index >= 15 is 0 Å². The maximum absolute atomic E-state index is 5.39. The molecule has 0 aliphatic rings. The van der Waals surface area contributed by atoms with Crippen LogP contribution >= 0.6 is 0 Å². The van der Waals surface area contributed by atoms with Gasteiger partial charge in [0.05, 0.1) is 0 Å². The van der Waals surface area contributed by atoms with Crippen molar-refractivity contribution in [2.75, 3.05) is 46.3 Å². The van der Waals surface area contributed by atoms with Crippen LogP contribution in [0.2, 0.25) is 0 Å². The van der Waals surface area contributed by atoms with Gasteiger partial charge in [0.1, 0.15) is 0 Å². The van der Waals surface area contributed by atoms with Crippen molar-refractivity contribution < 1.29 is 0 Å². The Kier molecular flexibility index (Phi) is 8.81. The summed E-state index contributed by atoms with van der Waals surface area (Å²) in [6.45, 7) is 5.57. The van der Waals surface area contributed by atoms with Crippen molar-refractivity contribution in [1.29, 1.82) is 0 Å². The summed E-state index contributed by atoms with van der Waals surface area (Å²) in [5.41, 5.74) is 10.7. The molecule has 0 bridgehead atoms. The third-order valence-electron chi connectivity index (χ3n) is 1.74. The summed E-state index contributed by atoms with van der Waals surface area (Å²) in [5, 5.41) is 3.24. The summed E-state index contributed by atoms with van der Waals surface area (Å²) < 4.78 is 0. The Morgan fingerprint density at radius 1 is 1.08 bits per heavy atom. The summed E-state index contributed by atoms with van der Waals surface area (Å²) >= 11 is 0. The van der Waals surface area contributed by atoms with Gasteiger partial charge in [-0.05, 0) is 26.6 Å². The number of nitrogens with one attached hydrogen (secondary N) is 1. The first-order valence-corrected chi connectivity index (χ1v) is 4.60. The Morgan fingerprint density at radius 3 is 2.42 bits per heavy atom. The average molecular weight is 174 g/mol. The van der Waals surface area contributed by atoms with Gasteiger partial charge in [0.25, 0.3) is 0 Å². The molecule has 74 valence electrons. The molecule has 5 N–H and O–H groups in total. The quantitative estimate of drug-likeness (QED) is 0.405. The molecule has 0 aromatic carbocycles. The van der Waals surface area contributed by atoms with Crippen molar-refractivity contribution in [2.45, 2.75) is 6.42 Å². The highest BCUT2D eigenvalue weighted by Gasteiger charge is 1.95. The molecule has 12 heavy (non-hydrogen) atoms.